The molecule has 0 saturated carbocycles. The van der Waals surface area contributed by atoms with Gasteiger partial charge in [-0.3, -0.25) is 4.79 Å². The summed E-state index contributed by atoms with van der Waals surface area (Å²) < 4.78 is 0. The maximum Gasteiger partial charge on any atom is 0.224 e. The lowest BCUT2D eigenvalue weighted by Gasteiger charge is -2.20. The number of nitrogens with one attached hydrogen (secondary N) is 1. The molecule has 1 amide bonds. The minimum absolute atomic E-state index is 0.263. The van der Waals surface area contributed by atoms with Crippen molar-refractivity contribution in [1.82, 2.24) is 4.90 Å². The normalized spacial score (nSPS) is 15.8. The molecular formula is C16H23ClN2O. The minimum Gasteiger partial charge on any atom is -0.384 e. The molecule has 1 N–H and O–H groups in total. The van der Waals surface area contributed by atoms with Crippen molar-refractivity contribution in [3.63, 3.8) is 0 Å². The molecular weight excluding hydrogens is 272 g/mol. The highest BCUT2D eigenvalue weighted by molar-refractivity contribution is 6.30. The van der Waals surface area contributed by atoms with E-state index in [0.717, 1.165) is 42.2 Å². The van der Waals surface area contributed by atoms with Crippen LogP contribution in [-0.4, -0.2) is 30.4 Å². The first-order valence-corrected chi connectivity index (χ1v) is 7.82. The Labute approximate surface area is 126 Å². The molecule has 4 heteroatoms. The number of nitrogens with zero attached hydrogens (tertiary/aromatic N) is 1. The summed E-state index contributed by atoms with van der Waals surface area (Å²) in [5.41, 5.74) is 2.16. The molecule has 20 heavy (non-hydrogen) atoms. The lowest BCUT2D eigenvalue weighted by molar-refractivity contribution is -0.130. The van der Waals surface area contributed by atoms with E-state index in [-0.39, 0.29) is 5.91 Å². The van der Waals surface area contributed by atoms with Gasteiger partial charge in [-0.2, -0.15) is 0 Å². The third-order valence-corrected chi connectivity index (χ3v) is 4.05. The molecule has 2 rings (SSSR count). The lowest BCUT2D eigenvalue weighted by Crippen LogP contribution is -2.32. The monoisotopic (exact) mass is 294 g/mol. The molecule has 1 aliphatic heterocycles. The fraction of sp³-hybridized carbons (Fsp3) is 0.562. The summed E-state index contributed by atoms with van der Waals surface area (Å²) in [5.74, 6) is 0.263. The van der Waals surface area contributed by atoms with Crippen LogP contribution in [0.3, 0.4) is 0 Å². The predicted molar refractivity (Wildman–Crippen MR) is 84.3 cm³/mol. The second-order valence-electron chi connectivity index (χ2n) is 5.43. The molecule has 0 radical (unpaired) electrons. The topological polar surface area (TPSA) is 32.3 Å². The van der Waals surface area contributed by atoms with Crippen LogP contribution < -0.4 is 5.32 Å². The van der Waals surface area contributed by atoms with Crippen LogP contribution in [0.4, 0.5) is 5.69 Å². The number of likely N-dealkylation sites (tertiary alicyclic amines) is 1. The maximum absolute atomic E-state index is 12.2. The van der Waals surface area contributed by atoms with Gasteiger partial charge in [0.25, 0.3) is 0 Å². The van der Waals surface area contributed by atoms with Gasteiger partial charge in [0.05, 0.1) is 0 Å². The largest absolute Gasteiger partial charge is 0.384 e. The van der Waals surface area contributed by atoms with Crippen molar-refractivity contribution in [2.75, 3.05) is 25.0 Å². The van der Waals surface area contributed by atoms with E-state index in [0.29, 0.717) is 13.0 Å². The molecule has 0 aromatic heterocycles. The molecule has 3 nitrogen and oxygen atoms in total. The van der Waals surface area contributed by atoms with Gasteiger partial charge in [0.2, 0.25) is 5.91 Å². The van der Waals surface area contributed by atoms with Gasteiger partial charge >= 0.3 is 0 Å². The second kappa shape index (κ2) is 7.53. The molecule has 0 unspecified atom stereocenters. The number of halogens is 1. The predicted octanol–water partition coefficient (Wildman–Crippen LogP) is 3.85. The Morgan fingerprint density at radius 2 is 1.95 bits per heavy atom. The zero-order valence-electron chi connectivity index (χ0n) is 12.1. The lowest BCUT2D eigenvalue weighted by atomic mass is 10.2. The van der Waals surface area contributed by atoms with E-state index in [2.05, 4.69) is 5.32 Å². The van der Waals surface area contributed by atoms with E-state index in [4.69, 9.17) is 11.6 Å². The van der Waals surface area contributed by atoms with Gasteiger partial charge in [-0.05, 0) is 37.5 Å². The Hall–Kier alpha value is -1.22. The van der Waals surface area contributed by atoms with Crippen molar-refractivity contribution in [3.05, 3.63) is 28.8 Å². The van der Waals surface area contributed by atoms with Crippen molar-refractivity contribution < 1.29 is 4.79 Å². The quantitative estimate of drug-likeness (QED) is 0.915. The van der Waals surface area contributed by atoms with Gasteiger partial charge in [0.15, 0.2) is 0 Å². The molecule has 0 aliphatic carbocycles. The van der Waals surface area contributed by atoms with Gasteiger partial charge in [-0.15, -0.1) is 0 Å². The highest BCUT2D eigenvalue weighted by atomic mass is 35.5. The molecule has 1 saturated heterocycles. The average molecular weight is 295 g/mol. The van der Waals surface area contributed by atoms with Gasteiger partial charge in [-0.1, -0.05) is 30.5 Å². The number of benzene rings is 1. The van der Waals surface area contributed by atoms with Crippen LogP contribution in [-0.2, 0) is 4.79 Å². The molecule has 1 aliphatic rings. The van der Waals surface area contributed by atoms with Crippen LogP contribution in [0.15, 0.2) is 18.2 Å². The third kappa shape index (κ3) is 4.41. The molecule has 0 atom stereocenters. The number of carbonyl (C=O) groups is 1. The van der Waals surface area contributed by atoms with Crippen LogP contribution in [0.5, 0.6) is 0 Å². The number of rotatable bonds is 4. The Bertz CT molecular complexity index is 454. The first kappa shape index (κ1) is 15.2. The van der Waals surface area contributed by atoms with Crippen molar-refractivity contribution >= 4 is 23.2 Å². The van der Waals surface area contributed by atoms with Crippen LogP contribution >= 0.6 is 11.6 Å². The molecule has 110 valence electrons. The highest BCUT2D eigenvalue weighted by Gasteiger charge is 2.14. The number of carbonyl (C=O) groups excluding carboxylic acids is 1. The fourth-order valence-corrected chi connectivity index (χ4v) is 2.74. The van der Waals surface area contributed by atoms with Crippen LogP contribution in [0.2, 0.25) is 5.02 Å². The number of amides is 1. The Balaban J connectivity index is 1.80. The standard InChI is InChI=1S/C16H23ClN2O/c1-13-6-7-14(17)12-15(13)18-9-8-16(20)19-10-4-2-3-5-11-19/h6-7,12,18H,2-5,8-11H2,1H3. The Morgan fingerprint density at radius 3 is 2.65 bits per heavy atom. The van der Waals surface area contributed by atoms with E-state index in [1.165, 1.54) is 12.8 Å². The minimum atomic E-state index is 0.263. The zero-order valence-corrected chi connectivity index (χ0v) is 12.9. The first-order chi connectivity index (χ1) is 9.66. The summed E-state index contributed by atoms with van der Waals surface area (Å²) in [4.78, 5) is 14.2. The average Bonchev–Trinajstić information content (AvgIpc) is 2.71. The van der Waals surface area contributed by atoms with Crippen molar-refractivity contribution in [2.45, 2.75) is 39.0 Å². The Kier molecular flexibility index (Phi) is 5.72. The molecule has 1 aromatic rings. The van der Waals surface area contributed by atoms with Crippen molar-refractivity contribution in [2.24, 2.45) is 0 Å². The summed E-state index contributed by atoms with van der Waals surface area (Å²) in [5, 5.41) is 4.03. The molecule has 0 spiro atoms. The molecule has 0 bridgehead atoms. The number of aryl methyl sites for hydroxylation is 1. The van der Waals surface area contributed by atoms with E-state index < -0.39 is 0 Å². The van der Waals surface area contributed by atoms with Gasteiger partial charge in [-0.25, -0.2) is 0 Å². The smallest absolute Gasteiger partial charge is 0.224 e. The summed E-state index contributed by atoms with van der Waals surface area (Å²) >= 11 is 5.98. The van der Waals surface area contributed by atoms with Gasteiger partial charge in [0.1, 0.15) is 0 Å². The third-order valence-electron chi connectivity index (χ3n) is 3.81. The molecule has 1 aromatic carbocycles. The summed E-state index contributed by atoms with van der Waals surface area (Å²) in [7, 11) is 0. The molecule has 1 fully saturated rings. The van der Waals surface area contributed by atoms with Crippen molar-refractivity contribution in [3.8, 4) is 0 Å². The maximum atomic E-state index is 12.2. The SMILES string of the molecule is Cc1ccc(Cl)cc1NCCC(=O)N1CCCCCC1. The van der Waals surface area contributed by atoms with E-state index >= 15 is 0 Å². The zero-order chi connectivity index (χ0) is 14.4. The van der Waals surface area contributed by atoms with Crippen LogP contribution in [0, 0.1) is 6.92 Å². The van der Waals surface area contributed by atoms with Crippen LogP contribution in [0.25, 0.3) is 0 Å². The second-order valence-corrected chi connectivity index (χ2v) is 5.87. The number of anilines is 1. The van der Waals surface area contributed by atoms with Gasteiger partial charge < -0.3 is 10.2 Å². The fourth-order valence-electron chi connectivity index (χ4n) is 2.57. The highest BCUT2D eigenvalue weighted by Crippen LogP contribution is 2.20. The summed E-state index contributed by atoms with van der Waals surface area (Å²) in [6, 6.07) is 5.78. The van der Waals surface area contributed by atoms with E-state index in [9.17, 15) is 4.79 Å². The van der Waals surface area contributed by atoms with Crippen LogP contribution in [0.1, 0.15) is 37.7 Å². The summed E-state index contributed by atoms with van der Waals surface area (Å²) in [6.07, 6.45) is 5.35. The van der Waals surface area contributed by atoms with E-state index in [1.54, 1.807) is 0 Å². The first-order valence-electron chi connectivity index (χ1n) is 7.44. The van der Waals surface area contributed by atoms with E-state index in [1.807, 2.05) is 30.0 Å². The number of hydrogen-bond donors (Lipinski definition) is 1. The Morgan fingerprint density at radius 1 is 1.25 bits per heavy atom. The summed E-state index contributed by atoms with van der Waals surface area (Å²) in [6.45, 7) is 4.55. The number of hydrogen-bond acceptors (Lipinski definition) is 2. The molecule has 1 heterocycles. The van der Waals surface area contributed by atoms with Gasteiger partial charge in [0, 0.05) is 36.8 Å². The van der Waals surface area contributed by atoms with Crippen molar-refractivity contribution in [1.29, 1.82) is 0 Å².